The van der Waals surface area contributed by atoms with E-state index in [1.54, 1.807) is 21.1 Å². The van der Waals surface area contributed by atoms with Gasteiger partial charge >= 0.3 is 0 Å². The molecule has 4 heteroatoms. The second-order valence-corrected chi connectivity index (χ2v) is 4.38. The molecule has 2 unspecified atom stereocenters. The Morgan fingerprint density at radius 3 is 2.56 bits per heavy atom. The first-order valence-electron chi connectivity index (χ1n) is 5.46. The minimum Gasteiger partial charge on any atom is -0.386 e. The van der Waals surface area contributed by atoms with Gasteiger partial charge in [0.1, 0.15) is 0 Å². The van der Waals surface area contributed by atoms with Gasteiger partial charge < -0.3 is 5.11 Å². The summed E-state index contributed by atoms with van der Waals surface area (Å²) in [7, 11) is 3.16. The van der Waals surface area contributed by atoms with E-state index in [4.69, 9.17) is 9.68 Å². The Hall–Kier alpha value is -0.680. The standard InChI is InChI=1S/C12H21NO3/c1-10(13(15-3)16-4)9-11-5-7-12(2,14)8-6-11/h5-7,10,14H,8-9H2,1-4H3. The van der Waals surface area contributed by atoms with E-state index in [9.17, 15) is 5.11 Å². The van der Waals surface area contributed by atoms with Crippen molar-refractivity contribution in [1.82, 2.24) is 5.23 Å². The van der Waals surface area contributed by atoms with Crippen LogP contribution in [0, 0.1) is 0 Å². The van der Waals surface area contributed by atoms with Gasteiger partial charge in [0.25, 0.3) is 0 Å². The minimum absolute atomic E-state index is 0.133. The summed E-state index contributed by atoms with van der Waals surface area (Å²) in [6.45, 7) is 3.82. The number of hydrogen-bond acceptors (Lipinski definition) is 4. The second kappa shape index (κ2) is 5.59. The SMILES string of the molecule is CON(OC)C(C)CC1=CCC(C)(O)C=C1. The number of allylic oxidation sites excluding steroid dienone is 1. The monoisotopic (exact) mass is 227 g/mol. The van der Waals surface area contributed by atoms with Gasteiger partial charge in [-0.3, -0.25) is 9.68 Å². The summed E-state index contributed by atoms with van der Waals surface area (Å²) in [6, 6.07) is 0.133. The van der Waals surface area contributed by atoms with Crippen molar-refractivity contribution in [3.05, 3.63) is 23.8 Å². The molecule has 1 aliphatic rings. The summed E-state index contributed by atoms with van der Waals surface area (Å²) in [4.78, 5) is 10.1. The van der Waals surface area contributed by atoms with Crippen molar-refractivity contribution in [1.29, 1.82) is 0 Å². The van der Waals surface area contributed by atoms with E-state index in [-0.39, 0.29) is 6.04 Å². The van der Waals surface area contributed by atoms with Crippen LogP contribution in [0.5, 0.6) is 0 Å². The predicted octanol–water partition coefficient (Wildman–Crippen LogP) is 1.83. The third-order valence-electron chi connectivity index (χ3n) is 2.68. The highest BCUT2D eigenvalue weighted by molar-refractivity contribution is 5.27. The lowest BCUT2D eigenvalue weighted by Gasteiger charge is -2.26. The minimum atomic E-state index is -0.699. The quantitative estimate of drug-likeness (QED) is 0.728. The zero-order chi connectivity index (χ0) is 12.2. The molecule has 2 atom stereocenters. The summed E-state index contributed by atoms with van der Waals surface area (Å²) in [5.41, 5.74) is 0.493. The van der Waals surface area contributed by atoms with Crippen molar-refractivity contribution in [2.45, 2.75) is 38.3 Å². The summed E-state index contributed by atoms with van der Waals surface area (Å²) < 4.78 is 0. The summed E-state index contributed by atoms with van der Waals surface area (Å²) in [5.74, 6) is 0. The van der Waals surface area contributed by atoms with Gasteiger partial charge in [-0.25, -0.2) is 0 Å². The molecule has 16 heavy (non-hydrogen) atoms. The number of rotatable bonds is 5. The van der Waals surface area contributed by atoms with Crippen LogP contribution in [0.3, 0.4) is 0 Å². The Kier molecular flexibility index (Phi) is 4.68. The van der Waals surface area contributed by atoms with Crippen LogP contribution in [-0.4, -0.2) is 36.2 Å². The summed E-state index contributed by atoms with van der Waals surface area (Å²) in [6.07, 6.45) is 7.34. The van der Waals surface area contributed by atoms with Crippen LogP contribution >= 0.6 is 0 Å². The van der Waals surface area contributed by atoms with Gasteiger partial charge in [-0.1, -0.05) is 29.0 Å². The van der Waals surface area contributed by atoms with E-state index in [0.717, 1.165) is 6.42 Å². The van der Waals surface area contributed by atoms with Gasteiger partial charge in [0.2, 0.25) is 0 Å². The van der Waals surface area contributed by atoms with Crippen molar-refractivity contribution in [2.24, 2.45) is 0 Å². The molecule has 0 fully saturated rings. The van der Waals surface area contributed by atoms with E-state index >= 15 is 0 Å². The molecule has 92 valence electrons. The molecule has 1 rings (SSSR count). The van der Waals surface area contributed by atoms with Crippen LogP contribution in [0.15, 0.2) is 23.8 Å². The number of hydroxylamine groups is 2. The normalized spacial score (nSPS) is 27.0. The summed E-state index contributed by atoms with van der Waals surface area (Å²) in [5, 5.41) is 11.2. The van der Waals surface area contributed by atoms with E-state index in [0.29, 0.717) is 6.42 Å². The molecular formula is C12H21NO3. The predicted molar refractivity (Wildman–Crippen MR) is 62.4 cm³/mol. The Morgan fingerprint density at radius 1 is 1.50 bits per heavy atom. The Morgan fingerprint density at radius 2 is 2.12 bits per heavy atom. The summed E-state index contributed by atoms with van der Waals surface area (Å²) >= 11 is 0. The van der Waals surface area contributed by atoms with Crippen LogP contribution in [0.1, 0.15) is 26.7 Å². The van der Waals surface area contributed by atoms with E-state index in [2.05, 4.69) is 6.08 Å². The molecule has 0 saturated carbocycles. The molecule has 0 aromatic rings. The topological polar surface area (TPSA) is 41.9 Å². The fraction of sp³-hybridized carbons (Fsp3) is 0.667. The highest BCUT2D eigenvalue weighted by Gasteiger charge is 2.20. The fourth-order valence-corrected chi connectivity index (χ4v) is 1.76. The molecule has 1 aliphatic carbocycles. The van der Waals surface area contributed by atoms with Gasteiger partial charge in [0.15, 0.2) is 0 Å². The molecular weight excluding hydrogens is 206 g/mol. The zero-order valence-electron chi connectivity index (χ0n) is 10.4. The number of aliphatic hydroxyl groups is 1. The first-order valence-corrected chi connectivity index (χ1v) is 5.46. The van der Waals surface area contributed by atoms with E-state index < -0.39 is 5.60 Å². The average Bonchev–Trinajstić information content (AvgIpc) is 2.23. The smallest absolute Gasteiger partial charge is 0.0837 e. The maximum absolute atomic E-state index is 9.74. The third-order valence-corrected chi connectivity index (χ3v) is 2.68. The van der Waals surface area contributed by atoms with Crippen LogP contribution in [0.2, 0.25) is 0 Å². The molecule has 0 saturated heterocycles. The van der Waals surface area contributed by atoms with Crippen molar-refractivity contribution in [2.75, 3.05) is 14.2 Å². The number of nitrogens with zero attached hydrogens (tertiary/aromatic N) is 1. The Labute approximate surface area is 97.1 Å². The lowest BCUT2D eigenvalue weighted by atomic mass is 9.92. The first-order chi connectivity index (χ1) is 7.48. The highest BCUT2D eigenvalue weighted by Crippen LogP contribution is 2.23. The molecule has 0 aromatic carbocycles. The Balaban J connectivity index is 2.50. The number of hydrogen-bond donors (Lipinski definition) is 1. The van der Waals surface area contributed by atoms with Gasteiger partial charge in [0.05, 0.1) is 25.9 Å². The van der Waals surface area contributed by atoms with Gasteiger partial charge in [-0.15, -0.1) is 0 Å². The van der Waals surface area contributed by atoms with Crippen molar-refractivity contribution >= 4 is 0 Å². The largest absolute Gasteiger partial charge is 0.386 e. The van der Waals surface area contributed by atoms with Gasteiger partial charge in [0, 0.05) is 0 Å². The molecule has 1 N–H and O–H groups in total. The second-order valence-electron chi connectivity index (χ2n) is 4.38. The molecule has 0 aromatic heterocycles. The average molecular weight is 227 g/mol. The van der Waals surface area contributed by atoms with Crippen molar-refractivity contribution in [3.8, 4) is 0 Å². The molecule has 4 nitrogen and oxygen atoms in total. The molecule has 0 bridgehead atoms. The van der Waals surface area contributed by atoms with Crippen LogP contribution in [-0.2, 0) is 9.68 Å². The van der Waals surface area contributed by atoms with E-state index in [1.807, 2.05) is 19.1 Å². The van der Waals surface area contributed by atoms with Gasteiger partial charge in [-0.2, -0.15) is 0 Å². The zero-order valence-corrected chi connectivity index (χ0v) is 10.4. The molecule has 0 aliphatic heterocycles. The van der Waals surface area contributed by atoms with Crippen LogP contribution < -0.4 is 0 Å². The lowest BCUT2D eigenvalue weighted by Crippen LogP contribution is -2.31. The van der Waals surface area contributed by atoms with Crippen LogP contribution in [0.4, 0.5) is 0 Å². The third kappa shape index (κ3) is 3.72. The molecule has 0 radical (unpaired) electrons. The molecule has 0 heterocycles. The first kappa shape index (κ1) is 13.4. The van der Waals surface area contributed by atoms with Gasteiger partial charge in [-0.05, 0) is 26.7 Å². The van der Waals surface area contributed by atoms with Crippen molar-refractivity contribution < 1.29 is 14.8 Å². The van der Waals surface area contributed by atoms with Crippen molar-refractivity contribution in [3.63, 3.8) is 0 Å². The van der Waals surface area contributed by atoms with Crippen LogP contribution in [0.25, 0.3) is 0 Å². The molecule has 0 spiro atoms. The fourth-order valence-electron chi connectivity index (χ4n) is 1.76. The van der Waals surface area contributed by atoms with E-state index in [1.165, 1.54) is 10.8 Å². The molecule has 0 amide bonds. The maximum Gasteiger partial charge on any atom is 0.0837 e. The highest BCUT2D eigenvalue weighted by atomic mass is 16.9. The Bertz CT molecular complexity index is 280. The lowest BCUT2D eigenvalue weighted by molar-refractivity contribution is -0.361. The maximum atomic E-state index is 9.74.